The van der Waals surface area contributed by atoms with Gasteiger partial charge in [-0.15, -0.1) is 0 Å². The molecule has 1 aliphatic carbocycles. The van der Waals surface area contributed by atoms with Crippen molar-refractivity contribution in [2.75, 3.05) is 0 Å². The Morgan fingerprint density at radius 1 is 1.31 bits per heavy atom. The molecule has 0 aliphatic heterocycles. The molecule has 2 unspecified atom stereocenters. The Morgan fingerprint density at radius 3 is 2.62 bits per heavy atom. The summed E-state index contributed by atoms with van der Waals surface area (Å²) in [6.45, 7) is 2.12. The van der Waals surface area contributed by atoms with E-state index >= 15 is 0 Å². The topological polar surface area (TPSA) is 43.1 Å². The molecule has 0 bridgehead atoms. The molecule has 2 N–H and O–H groups in total. The van der Waals surface area contributed by atoms with E-state index in [0.29, 0.717) is 0 Å². The van der Waals surface area contributed by atoms with Crippen LogP contribution in [0.2, 0.25) is 0 Å². The van der Waals surface area contributed by atoms with Crippen LogP contribution in [0, 0.1) is 5.92 Å². The van der Waals surface area contributed by atoms with Crippen molar-refractivity contribution in [1.82, 2.24) is 0 Å². The van der Waals surface area contributed by atoms with Crippen LogP contribution in [0.25, 0.3) is 0 Å². The van der Waals surface area contributed by atoms with Crippen LogP contribution in [-0.4, -0.2) is 5.91 Å². The van der Waals surface area contributed by atoms with Crippen LogP contribution < -0.4 is 5.73 Å². The van der Waals surface area contributed by atoms with Gasteiger partial charge in [-0.05, 0) is 31.2 Å². The normalized spacial score (nSPS) is 24.9. The van der Waals surface area contributed by atoms with Crippen LogP contribution >= 0.6 is 0 Å². The average Bonchev–Trinajstić information content (AvgIpc) is 2.29. The van der Waals surface area contributed by atoms with Crippen molar-refractivity contribution < 1.29 is 4.79 Å². The number of carbonyl (C=O) groups is 1. The molecule has 2 rings (SSSR count). The molecule has 0 spiro atoms. The number of hydrogen-bond donors (Lipinski definition) is 1. The Morgan fingerprint density at radius 2 is 2.00 bits per heavy atom. The maximum absolute atomic E-state index is 11.4. The average molecular weight is 215 g/mol. The minimum Gasteiger partial charge on any atom is -0.369 e. The summed E-state index contributed by atoms with van der Waals surface area (Å²) in [7, 11) is 0. The first-order chi connectivity index (χ1) is 7.68. The fourth-order valence-electron chi connectivity index (χ4n) is 2.43. The van der Waals surface area contributed by atoms with Crippen molar-refractivity contribution in [2.24, 2.45) is 11.7 Å². The zero-order valence-electron chi connectivity index (χ0n) is 9.52. The highest BCUT2D eigenvalue weighted by molar-refractivity contribution is 5.78. The molecule has 0 saturated heterocycles. The Kier molecular flexibility index (Phi) is 3.09. The molecule has 0 aromatic heterocycles. The molecular weight excluding hydrogens is 198 g/mol. The molecule has 2 heteroatoms. The van der Waals surface area contributed by atoms with Crippen molar-refractivity contribution in [2.45, 2.75) is 25.7 Å². The molecule has 2 nitrogen and oxygen atoms in total. The van der Waals surface area contributed by atoms with Gasteiger partial charge >= 0.3 is 0 Å². The number of nitrogens with two attached hydrogens (primary N) is 1. The molecule has 1 aromatic carbocycles. The molecule has 0 saturated carbocycles. The highest BCUT2D eigenvalue weighted by Gasteiger charge is 2.29. The fourth-order valence-corrected chi connectivity index (χ4v) is 2.43. The van der Waals surface area contributed by atoms with E-state index in [4.69, 9.17) is 5.73 Å². The van der Waals surface area contributed by atoms with Crippen LogP contribution in [-0.2, 0) is 4.79 Å². The SMILES string of the molecule is CC1=CCC(C(N)=O)C(c2ccccc2)C1. The molecular formula is C14H17NO. The summed E-state index contributed by atoms with van der Waals surface area (Å²) in [5, 5.41) is 0. The lowest BCUT2D eigenvalue weighted by molar-refractivity contribution is -0.122. The van der Waals surface area contributed by atoms with Gasteiger partial charge in [-0.2, -0.15) is 0 Å². The second-order valence-electron chi connectivity index (χ2n) is 4.52. The van der Waals surface area contributed by atoms with E-state index in [1.807, 2.05) is 18.2 Å². The zero-order chi connectivity index (χ0) is 11.5. The van der Waals surface area contributed by atoms with Crippen LogP contribution in [0.4, 0.5) is 0 Å². The molecule has 1 aliphatic rings. The van der Waals surface area contributed by atoms with Crippen molar-refractivity contribution in [3.63, 3.8) is 0 Å². The van der Waals surface area contributed by atoms with Crippen LogP contribution in [0.15, 0.2) is 42.0 Å². The molecule has 16 heavy (non-hydrogen) atoms. The lowest BCUT2D eigenvalue weighted by atomic mass is 9.76. The molecule has 1 aromatic rings. The predicted molar refractivity (Wildman–Crippen MR) is 64.9 cm³/mol. The first-order valence-electron chi connectivity index (χ1n) is 5.68. The van der Waals surface area contributed by atoms with Gasteiger partial charge in [0.1, 0.15) is 0 Å². The number of rotatable bonds is 2. The second kappa shape index (κ2) is 4.52. The lowest BCUT2D eigenvalue weighted by Crippen LogP contribution is -2.30. The Bertz CT molecular complexity index is 408. The summed E-state index contributed by atoms with van der Waals surface area (Å²) in [6, 6.07) is 10.2. The van der Waals surface area contributed by atoms with E-state index in [0.717, 1.165) is 12.8 Å². The van der Waals surface area contributed by atoms with Crippen molar-refractivity contribution >= 4 is 5.91 Å². The number of allylic oxidation sites excluding steroid dienone is 2. The van der Waals surface area contributed by atoms with E-state index in [-0.39, 0.29) is 17.7 Å². The van der Waals surface area contributed by atoms with Crippen molar-refractivity contribution in [1.29, 1.82) is 0 Å². The quantitative estimate of drug-likeness (QED) is 0.757. The summed E-state index contributed by atoms with van der Waals surface area (Å²) >= 11 is 0. The lowest BCUT2D eigenvalue weighted by Gasteiger charge is -2.28. The molecule has 84 valence electrons. The van der Waals surface area contributed by atoms with E-state index in [9.17, 15) is 4.79 Å². The molecule has 0 radical (unpaired) electrons. The van der Waals surface area contributed by atoms with Crippen LogP contribution in [0.3, 0.4) is 0 Å². The standard InChI is InChI=1S/C14H17NO/c1-10-7-8-12(14(15)16)13(9-10)11-5-3-2-4-6-11/h2-7,12-13H,8-9H2,1H3,(H2,15,16). The minimum atomic E-state index is -0.183. The van der Waals surface area contributed by atoms with E-state index < -0.39 is 0 Å². The highest BCUT2D eigenvalue weighted by Crippen LogP contribution is 2.37. The van der Waals surface area contributed by atoms with Gasteiger partial charge in [-0.25, -0.2) is 0 Å². The van der Waals surface area contributed by atoms with E-state index in [1.54, 1.807) is 0 Å². The van der Waals surface area contributed by atoms with Gasteiger partial charge in [0.25, 0.3) is 0 Å². The van der Waals surface area contributed by atoms with Gasteiger partial charge in [0.05, 0.1) is 0 Å². The third-order valence-electron chi connectivity index (χ3n) is 3.34. The molecule has 0 heterocycles. The summed E-state index contributed by atoms with van der Waals surface area (Å²) in [4.78, 5) is 11.4. The van der Waals surface area contributed by atoms with E-state index in [2.05, 4.69) is 25.1 Å². The summed E-state index contributed by atoms with van der Waals surface area (Å²) < 4.78 is 0. The number of amides is 1. The van der Waals surface area contributed by atoms with Crippen LogP contribution in [0.1, 0.15) is 31.2 Å². The Hall–Kier alpha value is -1.57. The summed E-state index contributed by atoms with van der Waals surface area (Å²) in [5.41, 5.74) is 8.05. The second-order valence-corrected chi connectivity index (χ2v) is 4.52. The zero-order valence-corrected chi connectivity index (χ0v) is 9.52. The number of benzene rings is 1. The van der Waals surface area contributed by atoms with Gasteiger partial charge < -0.3 is 5.73 Å². The molecule has 2 atom stereocenters. The first kappa shape index (κ1) is 10.9. The number of hydrogen-bond acceptors (Lipinski definition) is 1. The Balaban J connectivity index is 2.30. The maximum Gasteiger partial charge on any atom is 0.221 e. The smallest absolute Gasteiger partial charge is 0.221 e. The van der Waals surface area contributed by atoms with Gasteiger partial charge in [0.2, 0.25) is 5.91 Å². The third kappa shape index (κ3) is 2.16. The van der Waals surface area contributed by atoms with E-state index in [1.165, 1.54) is 11.1 Å². The monoisotopic (exact) mass is 215 g/mol. The van der Waals surface area contributed by atoms with Gasteiger partial charge in [0, 0.05) is 5.92 Å². The number of carbonyl (C=O) groups excluding carboxylic acids is 1. The van der Waals surface area contributed by atoms with Crippen molar-refractivity contribution in [3.8, 4) is 0 Å². The molecule has 0 fully saturated rings. The van der Waals surface area contributed by atoms with Gasteiger partial charge in [-0.3, -0.25) is 4.79 Å². The summed E-state index contributed by atoms with van der Waals surface area (Å²) in [6.07, 6.45) is 3.85. The maximum atomic E-state index is 11.4. The highest BCUT2D eigenvalue weighted by atomic mass is 16.1. The Labute approximate surface area is 96.2 Å². The fraction of sp³-hybridized carbons (Fsp3) is 0.357. The minimum absolute atomic E-state index is 0.0499. The van der Waals surface area contributed by atoms with Gasteiger partial charge in [0.15, 0.2) is 0 Å². The predicted octanol–water partition coefficient (Wildman–Crippen LogP) is 2.61. The molecule has 1 amide bonds. The third-order valence-corrected chi connectivity index (χ3v) is 3.34. The van der Waals surface area contributed by atoms with Gasteiger partial charge in [-0.1, -0.05) is 42.0 Å². The van der Waals surface area contributed by atoms with Crippen molar-refractivity contribution in [3.05, 3.63) is 47.5 Å². The number of primary amides is 1. The first-order valence-corrected chi connectivity index (χ1v) is 5.68. The summed E-state index contributed by atoms with van der Waals surface area (Å²) in [5.74, 6) is 0.0207. The van der Waals surface area contributed by atoms with Crippen LogP contribution in [0.5, 0.6) is 0 Å². The largest absolute Gasteiger partial charge is 0.369 e.